The monoisotopic (exact) mass is 184 g/mol. The molecule has 13 heavy (non-hydrogen) atoms. The summed E-state index contributed by atoms with van der Waals surface area (Å²) in [5.41, 5.74) is 5.66. The standard InChI is InChI=1S/C10H20N2O/c1-3-4-9(11)10(13)12-6-8-5-7(8)2/h7-9H,3-6,11H2,1-2H3,(H,12,13)/t7?,8?,9-/m1/s1. The van der Waals surface area contributed by atoms with Gasteiger partial charge in [0.2, 0.25) is 5.91 Å². The predicted octanol–water partition coefficient (Wildman–Crippen LogP) is 0.886. The Morgan fingerprint density at radius 1 is 1.69 bits per heavy atom. The van der Waals surface area contributed by atoms with E-state index >= 15 is 0 Å². The molecule has 76 valence electrons. The average molecular weight is 184 g/mol. The maximum Gasteiger partial charge on any atom is 0.236 e. The zero-order chi connectivity index (χ0) is 9.84. The summed E-state index contributed by atoms with van der Waals surface area (Å²) >= 11 is 0. The second-order valence-electron chi connectivity index (χ2n) is 4.11. The van der Waals surface area contributed by atoms with Crippen LogP contribution in [0.15, 0.2) is 0 Å². The fourth-order valence-corrected chi connectivity index (χ4v) is 1.49. The summed E-state index contributed by atoms with van der Waals surface area (Å²) in [5.74, 6) is 1.52. The largest absolute Gasteiger partial charge is 0.354 e. The van der Waals surface area contributed by atoms with Crippen molar-refractivity contribution in [3.05, 3.63) is 0 Å². The van der Waals surface area contributed by atoms with Gasteiger partial charge in [0.05, 0.1) is 6.04 Å². The summed E-state index contributed by atoms with van der Waals surface area (Å²) in [4.78, 5) is 11.3. The van der Waals surface area contributed by atoms with Gasteiger partial charge in [-0.1, -0.05) is 20.3 Å². The van der Waals surface area contributed by atoms with Crippen LogP contribution in [0.4, 0.5) is 0 Å². The predicted molar refractivity (Wildman–Crippen MR) is 53.2 cm³/mol. The molecule has 0 aliphatic heterocycles. The zero-order valence-electron chi connectivity index (χ0n) is 8.55. The molecule has 0 heterocycles. The van der Waals surface area contributed by atoms with Gasteiger partial charge in [-0.05, 0) is 24.7 Å². The molecule has 1 fully saturated rings. The highest BCUT2D eigenvalue weighted by molar-refractivity contribution is 5.81. The maximum atomic E-state index is 11.3. The van der Waals surface area contributed by atoms with Crippen molar-refractivity contribution in [3.63, 3.8) is 0 Å². The molecule has 1 saturated carbocycles. The highest BCUT2D eigenvalue weighted by Crippen LogP contribution is 2.36. The summed E-state index contributed by atoms with van der Waals surface area (Å²) in [6, 6.07) is -0.306. The Balaban J connectivity index is 2.09. The number of amides is 1. The van der Waals surface area contributed by atoms with Gasteiger partial charge < -0.3 is 11.1 Å². The molecule has 0 aromatic heterocycles. The van der Waals surface area contributed by atoms with Crippen LogP contribution in [0.5, 0.6) is 0 Å². The van der Waals surface area contributed by atoms with E-state index in [4.69, 9.17) is 5.73 Å². The van der Waals surface area contributed by atoms with Crippen LogP contribution in [0.2, 0.25) is 0 Å². The van der Waals surface area contributed by atoms with E-state index in [0.29, 0.717) is 5.92 Å². The van der Waals surface area contributed by atoms with Gasteiger partial charge in [-0.15, -0.1) is 0 Å². The number of rotatable bonds is 5. The Kier molecular flexibility index (Phi) is 3.72. The minimum absolute atomic E-state index is 0.0148. The summed E-state index contributed by atoms with van der Waals surface area (Å²) in [6.07, 6.45) is 3.00. The van der Waals surface area contributed by atoms with Gasteiger partial charge in [0, 0.05) is 6.54 Å². The SMILES string of the molecule is CCC[C@@H](N)C(=O)NCC1CC1C. The molecule has 1 rings (SSSR count). The molecular formula is C10H20N2O. The minimum Gasteiger partial charge on any atom is -0.354 e. The third-order valence-corrected chi connectivity index (χ3v) is 2.75. The Hall–Kier alpha value is -0.570. The first-order valence-electron chi connectivity index (χ1n) is 5.18. The summed E-state index contributed by atoms with van der Waals surface area (Å²) in [7, 11) is 0. The van der Waals surface area contributed by atoms with E-state index < -0.39 is 0 Å². The van der Waals surface area contributed by atoms with Crippen molar-refractivity contribution in [2.24, 2.45) is 17.6 Å². The molecule has 1 aliphatic rings. The first-order chi connectivity index (χ1) is 6.15. The second-order valence-corrected chi connectivity index (χ2v) is 4.11. The summed E-state index contributed by atoms with van der Waals surface area (Å²) < 4.78 is 0. The summed E-state index contributed by atoms with van der Waals surface area (Å²) in [5, 5.41) is 2.90. The van der Waals surface area contributed by atoms with Gasteiger partial charge in [-0.3, -0.25) is 4.79 Å². The molecule has 2 unspecified atom stereocenters. The molecule has 1 amide bonds. The van der Waals surface area contributed by atoms with Gasteiger partial charge in [0.15, 0.2) is 0 Å². The number of carbonyl (C=O) groups is 1. The Morgan fingerprint density at radius 3 is 2.77 bits per heavy atom. The van der Waals surface area contributed by atoms with Crippen molar-refractivity contribution < 1.29 is 4.79 Å². The van der Waals surface area contributed by atoms with Crippen molar-refractivity contribution in [3.8, 4) is 0 Å². The number of nitrogens with one attached hydrogen (secondary N) is 1. The molecule has 0 saturated heterocycles. The van der Waals surface area contributed by atoms with Crippen molar-refractivity contribution in [1.29, 1.82) is 0 Å². The van der Waals surface area contributed by atoms with Crippen molar-refractivity contribution >= 4 is 5.91 Å². The molecule has 0 radical (unpaired) electrons. The van der Waals surface area contributed by atoms with E-state index in [0.717, 1.165) is 25.3 Å². The first kappa shape index (κ1) is 10.5. The van der Waals surface area contributed by atoms with E-state index in [-0.39, 0.29) is 11.9 Å². The van der Waals surface area contributed by atoms with E-state index in [2.05, 4.69) is 12.2 Å². The van der Waals surface area contributed by atoms with Crippen molar-refractivity contribution in [2.75, 3.05) is 6.54 Å². The van der Waals surface area contributed by atoms with Gasteiger partial charge in [-0.25, -0.2) is 0 Å². The zero-order valence-corrected chi connectivity index (χ0v) is 8.55. The second kappa shape index (κ2) is 4.61. The van der Waals surface area contributed by atoms with Crippen LogP contribution >= 0.6 is 0 Å². The number of hydrogen-bond acceptors (Lipinski definition) is 2. The molecule has 3 N–H and O–H groups in total. The van der Waals surface area contributed by atoms with Crippen LogP contribution in [-0.2, 0) is 4.79 Å². The molecule has 1 aliphatic carbocycles. The van der Waals surface area contributed by atoms with Crippen molar-refractivity contribution in [1.82, 2.24) is 5.32 Å². The Morgan fingerprint density at radius 2 is 2.31 bits per heavy atom. The topological polar surface area (TPSA) is 55.1 Å². The third kappa shape index (κ3) is 3.35. The van der Waals surface area contributed by atoms with Gasteiger partial charge in [-0.2, -0.15) is 0 Å². The molecule has 0 spiro atoms. The smallest absolute Gasteiger partial charge is 0.236 e. The maximum absolute atomic E-state index is 11.3. The molecule has 0 aromatic carbocycles. The average Bonchev–Trinajstić information content (AvgIpc) is 2.78. The molecule has 3 atom stereocenters. The highest BCUT2D eigenvalue weighted by atomic mass is 16.2. The minimum atomic E-state index is -0.306. The number of hydrogen-bond donors (Lipinski definition) is 2. The fraction of sp³-hybridized carbons (Fsp3) is 0.900. The van der Waals surface area contributed by atoms with Crippen LogP contribution in [0, 0.1) is 11.8 Å². The van der Waals surface area contributed by atoms with Crippen LogP contribution in [-0.4, -0.2) is 18.5 Å². The van der Waals surface area contributed by atoms with E-state index in [1.807, 2.05) is 6.92 Å². The fourth-order valence-electron chi connectivity index (χ4n) is 1.49. The Bertz CT molecular complexity index is 182. The van der Waals surface area contributed by atoms with Crippen LogP contribution in [0.1, 0.15) is 33.1 Å². The lowest BCUT2D eigenvalue weighted by molar-refractivity contribution is -0.122. The van der Waals surface area contributed by atoms with Crippen LogP contribution in [0.25, 0.3) is 0 Å². The molecule has 3 nitrogen and oxygen atoms in total. The third-order valence-electron chi connectivity index (χ3n) is 2.75. The normalized spacial score (nSPS) is 28.2. The Labute approximate surface area is 80.1 Å². The van der Waals surface area contributed by atoms with Gasteiger partial charge in [0.25, 0.3) is 0 Å². The van der Waals surface area contributed by atoms with Gasteiger partial charge in [0.1, 0.15) is 0 Å². The highest BCUT2D eigenvalue weighted by Gasteiger charge is 2.32. The lowest BCUT2D eigenvalue weighted by Gasteiger charge is -2.10. The molecule has 3 heteroatoms. The lowest BCUT2D eigenvalue weighted by Crippen LogP contribution is -2.41. The van der Waals surface area contributed by atoms with Crippen LogP contribution < -0.4 is 11.1 Å². The van der Waals surface area contributed by atoms with Crippen molar-refractivity contribution in [2.45, 2.75) is 39.2 Å². The molecular weight excluding hydrogens is 164 g/mol. The molecule has 0 bridgehead atoms. The van der Waals surface area contributed by atoms with E-state index in [1.165, 1.54) is 6.42 Å². The van der Waals surface area contributed by atoms with E-state index in [9.17, 15) is 4.79 Å². The first-order valence-corrected chi connectivity index (χ1v) is 5.18. The summed E-state index contributed by atoms with van der Waals surface area (Å²) in [6.45, 7) is 5.07. The van der Waals surface area contributed by atoms with Gasteiger partial charge >= 0.3 is 0 Å². The number of nitrogens with two attached hydrogens (primary N) is 1. The quantitative estimate of drug-likeness (QED) is 0.666. The molecule has 0 aromatic rings. The van der Waals surface area contributed by atoms with E-state index in [1.54, 1.807) is 0 Å². The number of carbonyl (C=O) groups excluding carboxylic acids is 1. The van der Waals surface area contributed by atoms with Crippen LogP contribution in [0.3, 0.4) is 0 Å². The lowest BCUT2D eigenvalue weighted by atomic mass is 10.1.